The Labute approximate surface area is 139 Å². The number of hydrogen-bond acceptors (Lipinski definition) is 5. The second kappa shape index (κ2) is 6.56. The first-order valence-corrected chi connectivity index (χ1v) is 8.78. The molecule has 0 aromatic carbocycles. The fourth-order valence-electron chi connectivity index (χ4n) is 3.13. The Morgan fingerprint density at radius 3 is 2.74 bits per heavy atom. The van der Waals surface area contributed by atoms with Crippen LogP contribution in [0.25, 0.3) is 10.7 Å². The molecule has 0 spiro atoms. The maximum absolute atomic E-state index is 4.53. The Morgan fingerprint density at radius 2 is 2.00 bits per heavy atom. The standard InChI is InChI=1S/C18H18N4S/c1-2-8-19-15(5-1)16-6-3-9-22(16)13-14-11-20-18(21-12-14)17-7-4-10-23-17/h1-2,4-5,7-8,10-12,16H,3,6,9,13H2/t16-/m1/s1. The van der Waals surface area contributed by atoms with Crippen LogP contribution in [-0.2, 0) is 6.54 Å². The summed E-state index contributed by atoms with van der Waals surface area (Å²) in [5.41, 5.74) is 2.33. The van der Waals surface area contributed by atoms with Crippen LogP contribution in [0.1, 0.15) is 30.1 Å². The molecule has 0 bridgehead atoms. The van der Waals surface area contributed by atoms with Crippen molar-refractivity contribution in [2.45, 2.75) is 25.4 Å². The van der Waals surface area contributed by atoms with Gasteiger partial charge in [-0.05, 0) is 43.0 Å². The first-order chi connectivity index (χ1) is 11.4. The van der Waals surface area contributed by atoms with Crippen LogP contribution in [-0.4, -0.2) is 26.4 Å². The molecule has 1 aliphatic heterocycles. The molecule has 0 amide bonds. The number of rotatable bonds is 4. The van der Waals surface area contributed by atoms with Crippen LogP contribution in [0.5, 0.6) is 0 Å². The van der Waals surface area contributed by atoms with Crippen molar-refractivity contribution in [1.82, 2.24) is 19.9 Å². The van der Waals surface area contributed by atoms with E-state index in [4.69, 9.17) is 0 Å². The van der Waals surface area contributed by atoms with E-state index < -0.39 is 0 Å². The van der Waals surface area contributed by atoms with Crippen molar-refractivity contribution < 1.29 is 0 Å². The Balaban J connectivity index is 1.49. The van der Waals surface area contributed by atoms with Gasteiger partial charge >= 0.3 is 0 Å². The Kier molecular flexibility index (Phi) is 4.13. The topological polar surface area (TPSA) is 41.9 Å². The monoisotopic (exact) mass is 322 g/mol. The summed E-state index contributed by atoms with van der Waals surface area (Å²) >= 11 is 1.67. The molecule has 1 atom stereocenters. The molecule has 1 saturated heterocycles. The van der Waals surface area contributed by atoms with Crippen LogP contribution < -0.4 is 0 Å². The molecule has 0 aliphatic carbocycles. The van der Waals surface area contributed by atoms with E-state index in [0.29, 0.717) is 6.04 Å². The van der Waals surface area contributed by atoms with Gasteiger partial charge in [-0.15, -0.1) is 11.3 Å². The van der Waals surface area contributed by atoms with Crippen molar-refractivity contribution in [3.8, 4) is 10.7 Å². The largest absolute Gasteiger partial charge is 0.290 e. The smallest absolute Gasteiger partial charge is 0.169 e. The maximum Gasteiger partial charge on any atom is 0.169 e. The van der Waals surface area contributed by atoms with Gasteiger partial charge in [0.25, 0.3) is 0 Å². The summed E-state index contributed by atoms with van der Waals surface area (Å²) < 4.78 is 0. The zero-order valence-corrected chi connectivity index (χ0v) is 13.6. The minimum absolute atomic E-state index is 0.410. The highest BCUT2D eigenvalue weighted by molar-refractivity contribution is 7.13. The molecule has 0 unspecified atom stereocenters. The summed E-state index contributed by atoms with van der Waals surface area (Å²) in [5.74, 6) is 0.812. The number of aromatic nitrogens is 3. The average Bonchev–Trinajstić information content (AvgIpc) is 3.28. The van der Waals surface area contributed by atoms with Gasteiger partial charge < -0.3 is 0 Å². The van der Waals surface area contributed by atoms with Gasteiger partial charge in [-0.1, -0.05) is 12.1 Å². The molecular weight excluding hydrogens is 304 g/mol. The summed E-state index contributed by atoms with van der Waals surface area (Å²) in [6.07, 6.45) is 8.18. The summed E-state index contributed by atoms with van der Waals surface area (Å²) in [6, 6.07) is 10.7. The summed E-state index contributed by atoms with van der Waals surface area (Å²) in [7, 11) is 0. The Morgan fingerprint density at radius 1 is 1.09 bits per heavy atom. The van der Waals surface area contributed by atoms with Crippen LogP contribution in [0, 0.1) is 0 Å². The molecule has 1 aliphatic rings. The number of nitrogens with zero attached hydrogens (tertiary/aromatic N) is 4. The fraction of sp³-hybridized carbons (Fsp3) is 0.278. The molecule has 3 aromatic rings. The quantitative estimate of drug-likeness (QED) is 0.730. The second-order valence-electron chi connectivity index (χ2n) is 5.78. The summed E-state index contributed by atoms with van der Waals surface area (Å²) in [6.45, 7) is 1.99. The minimum Gasteiger partial charge on any atom is -0.290 e. The lowest BCUT2D eigenvalue weighted by Gasteiger charge is -2.23. The lowest BCUT2D eigenvalue weighted by Crippen LogP contribution is -2.23. The zero-order valence-electron chi connectivity index (χ0n) is 12.8. The van der Waals surface area contributed by atoms with E-state index in [0.717, 1.165) is 29.4 Å². The van der Waals surface area contributed by atoms with E-state index in [1.54, 1.807) is 11.3 Å². The predicted octanol–water partition coefficient (Wildman–Crippen LogP) is 3.94. The number of pyridine rings is 1. The van der Waals surface area contributed by atoms with E-state index in [1.807, 2.05) is 36.1 Å². The van der Waals surface area contributed by atoms with Gasteiger partial charge in [0.15, 0.2) is 5.82 Å². The third-order valence-electron chi connectivity index (χ3n) is 4.23. The number of hydrogen-bond donors (Lipinski definition) is 0. The first-order valence-electron chi connectivity index (χ1n) is 7.90. The van der Waals surface area contributed by atoms with E-state index >= 15 is 0 Å². The fourth-order valence-corrected chi connectivity index (χ4v) is 3.80. The zero-order chi connectivity index (χ0) is 15.5. The minimum atomic E-state index is 0.410. The van der Waals surface area contributed by atoms with Crippen LogP contribution in [0.2, 0.25) is 0 Å². The third-order valence-corrected chi connectivity index (χ3v) is 5.09. The van der Waals surface area contributed by atoms with Crippen molar-refractivity contribution in [3.63, 3.8) is 0 Å². The van der Waals surface area contributed by atoms with Crippen molar-refractivity contribution in [1.29, 1.82) is 0 Å². The van der Waals surface area contributed by atoms with Crippen LogP contribution in [0.15, 0.2) is 54.3 Å². The molecule has 4 nitrogen and oxygen atoms in total. The van der Waals surface area contributed by atoms with Crippen molar-refractivity contribution in [3.05, 3.63) is 65.6 Å². The number of likely N-dealkylation sites (tertiary alicyclic amines) is 1. The molecule has 0 saturated carbocycles. The van der Waals surface area contributed by atoms with E-state index in [2.05, 4.69) is 38.1 Å². The Bertz CT molecular complexity index is 740. The predicted molar refractivity (Wildman–Crippen MR) is 92.0 cm³/mol. The molecule has 3 aromatic heterocycles. The molecule has 0 N–H and O–H groups in total. The molecule has 116 valence electrons. The molecule has 0 radical (unpaired) electrons. The van der Waals surface area contributed by atoms with Crippen LogP contribution in [0.3, 0.4) is 0 Å². The summed E-state index contributed by atoms with van der Waals surface area (Å²) in [5, 5.41) is 2.05. The van der Waals surface area contributed by atoms with Gasteiger partial charge in [0, 0.05) is 30.7 Å². The van der Waals surface area contributed by atoms with E-state index in [9.17, 15) is 0 Å². The van der Waals surface area contributed by atoms with Gasteiger partial charge in [-0.25, -0.2) is 9.97 Å². The van der Waals surface area contributed by atoms with Gasteiger partial charge in [-0.2, -0.15) is 0 Å². The highest BCUT2D eigenvalue weighted by Crippen LogP contribution is 2.31. The molecule has 23 heavy (non-hydrogen) atoms. The van der Waals surface area contributed by atoms with Gasteiger partial charge in [0.2, 0.25) is 0 Å². The molecule has 4 heterocycles. The number of thiophene rings is 1. The first kappa shape index (κ1) is 14.5. The summed E-state index contributed by atoms with van der Waals surface area (Å²) in [4.78, 5) is 17.2. The third kappa shape index (κ3) is 3.16. The van der Waals surface area contributed by atoms with Gasteiger partial charge in [-0.3, -0.25) is 9.88 Å². The second-order valence-corrected chi connectivity index (χ2v) is 6.72. The highest BCUT2D eigenvalue weighted by atomic mass is 32.1. The van der Waals surface area contributed by atoms with Gasteiger partial charge in [0.1, 0.15) is 0 Å². The molecule has 4 rings (SSSR count). The normalized spacial score (nSPS) is 18.3. The SMILES string of the molecule is c1ccc([C@H]2CCCN2Cc2cnc(-c3cccs3)nc2)nc1. The van der Waals surface area contributed by atoms with Gasteiger partial charge in [0.05, 0.1) is 16.6 Å². The van der Waals surface area contributed by atoms with Crippen molar-refractivity contribution in [2.24, 2.45) is 0 Å². The lowest BCUT2D eigenvalue weighted by molar-refractivity contribution is 0.244. The molecule has 1 fully saturated rings. The van der Waals surface area contributed by atoms with Crippen LogP contribution >= 0.6 is 11.3 Å². The maximum atomic E-state index is 4.53. The average molecular weight is 322 g/mol. The van der Waals surface area contributed by atoms with Crippen molar-refractivity contribution >= 4 is 11.3 Å². The lowest BCUT2D eigenvalue weighted by atomic mass is 10.1. The van der Waals surface area contributed by atoms with Crippen LogP contribution in [0.4, 0.5) is 0 Å². The molecular formula is C18H18N4S. The Hall–Kier alpha value is -2.11. The van der Waals surface area contributed by atoms with E-state index in [1.165, 1.54) is 18.5 Å². The molecule has 5 heteroatoms. The van der Waals surface area contributed by atoms with Crippen molar-refractivity contribution in [2.75, 3.05) is 6.54 Å². The highest BCUT2D eigenvalue weighted by Gasteiger charge is 2.26. The van der Waals surface area contributed by atoms with E-state index in [-0.39, 0.29) is 0 Å².